The van der Waals surface area contributed by atoms with Gasteiger partial charge in [0.2, 0.25) is 0 Å². The fourth-order valence-electron chi connectivity index (χ4n) is 5.10. The number of unbranched alkanes of at least 4 members (excludes halogenated alkanes) is 4. The van der Waals surface area contributed by atoms with Gasteiger partial charge in [-0.15, -0.1) is 0 Å². The molecule has 2 unspecified atom stereocenters. The summed E-state index contributed by atoms with van der Waals surface area (Å²) in [4.78, 5) is 71.4. The summed E-state index contributed by atoms with van der Waals surface area (Å²) < 4.78 is 42.7. The zero-order chi connectivity index (χ0) is 44.3. The van der Waals surface area contributed by atoms with Crippen molar-refractivity contribution >= 4 is 35.8 Å². The number of carbonyl (C=O) groups excluding carboxylic acids is 6. The summed E-state index contributed by atoms with van der Waals surface area (Å²) in [6.07, 6.45) is 4.71. The first-order chi connectivity index (χ1) is 28.8. The van der Waals surface area contributed by atoms with E-state index >= 15 is 0 Å². The first-order valence-corrected chi connectivity index (χ1v) is 20.1. The highest BCUT2D eigenvalue weighted by atomic mass is 16.6. The van der Waals surface area contributed by atoms with Crippen molar-refractivity contribution in [1.29, 1.82) is 0 Å². The summed E-state index contributed by atoms with van der Waals surface area (Å²) in [5, 5.41) is 0. The van der Waals surface area contributed by atoms with Crippen LogP contribution in [0.1, 0.15) is 112 Å². The largest absolute Gasteiger partial charge is 0.494 e. The fraction of sp³-hybridized carbons (Fsp3) is 0.435. The molecule has 0 bridgehead atoms. The molecule has 3 rings (SSSR count). The average molecular weight is 835 g/mol. The van der Waals surface area contributed by atoms with Crippen LogP contribution in [-0.2, 0) is 38.1 Å². The van der Waals surface area contributed by atoms with Gasteiger partial charge in [-0.25, -0.2) is 14.4 Å². The van der Waals surface area contributed by atoms with Crippen molar-refractivity contribution in [3.63, 3.8) is 0 Å². The summed E-state index contributed by atoms with van der Waals surface area (Å²) >= 11 is 0. The van der Waals surface area contributed by atoms with Gasteiger partial charge in [-0.3, -0.25) is 14.4 Å². The zero-order valence-corrected chi connectivity index (χ0v) is 35.5. The smallest absolute Gasteiger partial charge is 0.343 e. The number of hydrogen-bond donors (Lipinski definition) is 0. The summed E-state index contributed by atoms with van der Waals surface area (Å²) in [6, 6.07) is 17.8. The minimum atomic E-state index is -0.571. The Hall–Kier alpha value is -6.18. The molecule has 0 aliphatic heterocycles. The molecule has 0 saturated carbocycles. The van der Waals surface area contributed by atoms with Gasteiger partial charge in [0.1, 0.15) is 48.4 Å². The van der Waals surface area contributed by atoms with Gasteiger partial charge in [-0.05, 0) is 132 Å². The molecule has 60 heavy (non-hydrogen) atoms. The highest BCUT2D eigenvalue weighted by molar-refractivity contribution is 5.92. The zero-order valence-electron chi connectivity index (χ0n) is 35.5. The standard InChI is InChI=1S/C44H52O14.C2H6/c1-6-40(46)54-29-32(4)56-42(48)14-10-8-12-25-51-36-19-15-34(16-20-36)43(49)57-38-23-24-39(30(2)27-38)58-44(50)35-17-21-37(22-18-35)52-26-11-7-9-13-41(47)55-31(3)28-53-33(5)45;1-2/h6,15-24,27,31-32H,1,7-14,25-26,28-29H2,2-5H3;1-2H3. The summed E-state index contributed by atoms with van der Waals surface area (Å²) in [5.74, 6) is -1.07. The molecule has 14 nitrogen and oxygen atoms in total. The molecule has 0 spiro atoms. The molecule has 0 fully saturated rings. The van der Waals surface area contributed by atoms with Crippen molar-refractivity contribution in [3.8, 4) is 23.0 Å². The van der Waals surface area contributed by atoms with E-state index in [0.717, 1.165) is 25.3 Å². The SMILES string of the molecule is C=CC(=O)OCC(C)OC(=O)CCCCCOc1ccc(C(=O)Oc2ccc(OC(=O)c3ccc(OCCCCCC(=O)OC(C)COC(C)=O)cc3)c(C)c2)cc1.CC. The van der Waals surface area contributed by atoms with Crippen LogP contribution in [0.25, 0.3) is 0 Å². The van der Waals surface area contributed by atoms with Gasteiger partial charge >= 0.3 is 35.8 Å². The molecule has 14 heteroatoms. The van der Waals surface area contributed by atoms with Gasteiger partial charge in [-0.1, -0.05) is 20.4 Å². The van der Waals surface area contributed by atoms with Crippen LogP contribution in [0.2, 0.25) is 0 Å². The lowest BCUT2D eigenvalue weighted by molar-refractivity contribution is -0.157. The van der Waals surface area contributed by atoms with Gasteiger partial charge in [-0.2, -0.15) is 0 Å². The number of ether oxygens (including phenoxy) is 8. The molecule has 0 aliphatic carbocycles. The Bertz CT molecular complexity index is 1820. The van der Waals surface area contributed by atoms with E-state index < -0.39 is 36.1 Å². The second kappa shape index (κ2) is 28.3. The first-order valence-electron chi connectivity index (χ1n) is 20.1. The highest BCUT2D eigenvalue weighted by Gasteiger charge is 2.15. The van der Waals surface area contributed by atoms with Crippen LogP contribution >= 0.6 is 0 Å². The van der Waals surface area contributed by atoms with Crippen LogP contribution in [0.5, 0.6) is 23.0 Å². The molecular formula is C46H58O14. The monoisotopic (exact) mass is 834 g/mol. The fourth-order valence-corrected chi connectivity index (χ4v) is 5.10. The van der Waals surface area contributed by atoms with Crippen LogP contribution in [0.3, 0.4) is 0 Å². The maximum atomic E-state index is 12.8. The molecule has 0 amide bonds. The van der Waals surface area contributed by atoms with E-state index in [1.54, 1.807) is 87.5 Å². The van der Waals surface area contributed by atoms with Crippen molar-refractivity contribution in [1.82, 2.24) is 0 Å². The van der Waals surface area contributed by atoms with E-state index in [9.17, 15) is 28.8 Å². The molecule has 0 N–H and O–H groups in total. The van der Waals surface area contributed by atoms with Crippen molar-refractivity contribution in [2.45, 2.75) is 105 Å². The van der Waals surface area contributed by atoms with Gasteiger partial charge < -0.3 is 37.9 Å². The number of carbonyl (C=O) groups is 6. The van der Waals surface area contributed by atoms with Gasteiger partial charge in [0.15, 0.2) is 0 Å². The van der Waals surface area contributed by atoms with E-state index in [1.807, 2.05) is 13.8 Å². The number of benzene rings is 3. The number of aryl methyl sites for hydroxylation is 1. The third kappa shape index (κ3) is 20.5. The summed E-state index contributed by atoms with van der Waals surface area (Å²) in [7, 11) is 0. The van der Waals surface area contributed by atoms with E-state index in [4.69, 9.17) is 37.9 Å². The van der Waals surface area contributed by atoms with Crippen LogP contribution in [0.15, 0.2) is 79.4 Å². The Balaban J connectivity index is 0.00000610. The molecule has 326 valence electrons. The predicted octanol–water partition coefficient (Wildman–Crippen LogP) is 8.49. The minimum Gasteiger partial charge on any atom is -0.494 e. The summed E-state index contributed by atoms with van der Waals surface area (Å²) in [6.45, 7) is 14.5. The molecule has 2 atom stereocenters. The lowest BCUT2D eigenvalue weighted by Gasteiger charge is -2.13. The first kappa shape index (κ1) is 50.0. The molecule has 3 aromatic carbocycles. The summed E-state index contributed by atoms with van der Waals surface area (Å²) in [5.41, 5.74) is 1.23. The van der Waals surface area contributed by atoms with Crippen LogP contribution in [0, 0.1) is 6.92 Å². The normalized spacial score (nSPS) is 11.3. The Morgan fingerprint density at radius 1 is 0.600 bits per heavy atom. The van der Waals surface area contributed by atoms with E-state index in [1.165, 1.54) is 6.92 Å². The minimum absolute atomic E-state index is 0.0267. The van der Waals surface area contributed by atoms with Gasteiger partial charge in [0.05, 0.1) is 24.3 Å². The van der Waals surface area contributed by atoms with Crippen molar-refractivity contribution in [2.24, 2.45) is 0 Å². The third-order valence-electron chi connectivity index (χ3n) is 8.14. The molecule has 0 heterocycles. The lowest BCUT2D eigenvalue weighted by Crippen LogP contribution is -2.21. The molecule has 0 aromatic heterocycles. The topological polar surface area (TPSA) is 176 Å². The Morgan fingerprint density at radius 2 is 1.05 bits per heavy atom. The Labute approximate surface area is 352 Å². The van der Waals surface area contributed by atoms with Gasteiger partial charge in [0, 0.05) is 25.8 Å². The second-order valence-corrected chi connectivity index (χ2v) is 13.3. The van der Waals surface area contributed by atoms with Crippen LogP contribution in [0.4, 0.5) is 0 Å². The maximum absolute atomic E-state index is 12.8. The lowest BCUT2D eigenvalue weighted by atomic mass is 10.2. The second-order valence-electron chi connectivity index (χ2n) is 13.3. The van der Waals surface area contributed by atoms with Crippen molar-refractivity contribution in [2.75, 3.05) is 26.4 Å². The van der Waals surface area contributed by atoms with Crippen LogP contribution in [-0.4, -0.2) is 74.5 Å². The van der Waals surface area contributed by atoms with E-state index in [0.29, 0.717) is 66.4 Å². The number of hydrogen-bond acceptors (Lipinski definition) is 14. The molecule has 0 radical (unpaired) electrons. The number of esters is 6. The molecule has 3 aromatic rings. The van der Waals surface area contributed by atoms with Crippen LogP contribution < -0.4 is 18.9 Å². The van der Waals surface area contributed by atoms with E-state index in [-0.39, 0.29) is 43.7 Å². The van der Waals surface area contributed by atoms with Crippen molar-refractivity contribution < 1.29 is 66.7 Å². The molecule has 0 aliphatic rings. The van der Waals surface area contributed by atoms with E-state index in [2.05, 4.69) is 6.58 Å². The third-order valence-corrected chi connectivity index (χ3v) is 8.14. The molecule has 0 saturated heterocycles. The maximum Gasteiger partial charge on any atom is 0.343 e. The molecular weight excluding hydrogens is 776 g/mol. The number of rotatable bonds is 25. The quantitative estimate of drug-likeness (QED) is 0.0261. The average Bonchev–Trinajstić information content (AvgIpc) is 3.23. The Kier molecular flexibility index (Phi) is 23.6. The predicted molar refractivity (Wildman–Crippen MR) is 222 cm³/mol. The Morgan fingerprint density at radius 3 is 1.50 bits per heavy atom. The van der Waals surface area contributed by atoms with Crippen molar-refractivity contribution in [3.05, 3.63) is 96.1 Å². The van der Waals surface area contributed by atoms with Gasteiger partial charge in [0.25, 0.3) is 0 Å². The highest BCUT2D eigenvalue weighted by Crippen LogP contribution is 2.26.